The Balaban J connectivity index is 2.07. The Kier molecular flexibility index (Phi) is 5.36. The van der Waals surface area contributed by atoms with Gasteiger partial charge in [-0.3, -0.25) is 4.79 Å². The Labute approximate surface area is 164 Å². The number of alkyl halides is 3. The van der Waals surface area contributed by atoms with Crippen molar-refractivity contribution in [3.8, 4) is 0 Å². The van der Waals surface area contributed by atoms with Gasteiger partial charge in [-0.25, -0.2) is 9.48 Å². The van der Waals surface area contributed by atoms with Crippen LogP contribution in [-0.4, -0.2) is 28.9 Å². The summed E-state index contributed by atoms with van der Waals surface area (Å²) in [7, 11) is 1.20. The molecular formula is C19H19F3N4O3. The van der Waals surface area contributed by atoms with Crippen LogP contribution >= 0.6 is 0 Å². The van der Waals surface area contributed by atoms with Crippen molar-refractivity contribution in [1.82, 2.24) is 20.4 Å². The number of rotatable bonds is 3. The standard InChI is InChI=1S/C19H19F3N4O3/c1-10-4-5-11(2)12(8-10)16-15(17(27)29-3)13(23-18(28)24-16)9-26-7-6-14(25-26)19(20,21)22/h4-9,15-16H,1-3H3,(H2,23,24,28)/b13-9+/t15-,16+/m0/s1. The van der Waals surface area contributed by atoms with Gasteiger partial charge in [-0.2, -0.15) is 18.3 Å². The van der Waals surface area contributed by atoms with Crippen LogP contribution in [0.2, 0.25) is 0 Å². The maximum atomic E-state index is 12.8. The largest absolute Gasteiger partial charge is 0.468 e. The van der Waals surface area contributed by atoms with E-state index in [0.717, 1.165) is 28.1 Å². The van der Waals surface area contributed by atoms with Gasteiger partial charge < -0.3 is 15.4 Å². The summed E-state index contributed by atoms with van der Waals surface area (Å²) in [6.45, 7) is 3.71. The second-order valence-electron chi connectivity index (χ2n) is 6.70. The van der Waals surface area contributed by atoms with Gasteiger partial charge in [0.05, 0.1) is 18.8 Å². The molecule has 29 heavy (non-hydrogen) atoms. The van der Waals surface area contributed by atoms with E-state index >= 15 is 0 Å². The van der Waals surface area contributed by atoms with Gasteiger partial charge in [-0.15, -0.1) is 0 Å². The number of carbonyl (C=O) groups is 2. The van der Waals surface area contributed by atoms with Crippen molar-refractivity contribution in [2.45, 2.75) is 26.1 Å². The first kappa shape index (κ1) is 20.4. The van der Waals surface area contributed by atoms with Crippen molar-refractivity contribution in [2.24, 2.45) is 5.92 Å². The molecule has 0 saturated carbocycles. The van der Waals surface area contributed by atoms with Crippen LogP contribution in [0.5, 0.6) is 0 Å². The molecule has 0 bridgehead atoms. The van der Waals surface area contributed by atoms with E-state index in [1.165, 1.54) is 13.3 Å². The minimum absolute atomic E-state index is 0.0725. The highest BCUT2D eigenvalue weighted by atomic mass is 19.4. The normalized spacial score (nSPS) is 20.9. The molecule has 2 heterocycles. The molecule has 2 amide bonds. The quantitative estimate of drug-likeness (QED) is 0.764. The third kappa shape index (κ3) is 4.25. The molecule has 0 aliphatic carbocycles. The van der Waals surface area contributed by atoms with Crippen LogP contribution in [0.25, 0.3) is 6.20 Å². The van der Waals surface area contributed by atoms with Crippen molar-refractivity contribution < 1.29 is 27.5 Å². The van der Waals surface area contributed by atoms with Crippen LogP contribution in [0.4, 0.5) is 18.0 Å². The summed E-state index contributed by atoms with van der Waals surface area (Å²) in [4.78, 5) is 24.8. The van der Waals surface area contributed by atoms with Crippen molar-refractivity contribution in [3.63, 3.8) is 0 Å². The molecule has 2 N–H and O–H groups in total. The van der Waals surface area contributed by atoms with Crippen molar-refractivity contribution in [2.75, 3.05) is 7.11 Å². The van der Waals surface area contributed by atoms with Crippen LogP contribution in [0.3, 0.4) is 0 Å². The average Bonchev–Trinajstić information content (AvgIpc) is 3.11. The predicted octanol–water partition coefficient (Wildman–Crippen LogP) is 3.16. The molecule has 10 heteroatoms. The lowest BCUT2D eigenvalue weighted by Gasteiger charge is -2.34. The van der Waals surface area contributed by atoms with E-state index in [2.05, 4.69) is 15.7 Å². The first-order chi connectivity index (χ1) is 13.6. The Hall–Kier alpha value is -3.30. The Morgan fingerprint density at radius 1 is 1.28 bits per heavy atom. The van der Waals surface area contributed by atoms with Crippen LogP contribution < -0.4 is 10.6 Å². The number of benzene rings is 1. The second kappa shape index (κ2) is 7.61. The van der Waals surface area contributed by atoms with E-state index in [4.69, 9.17) is 4.74 Å². The van der Waals surface area contributed by atoms with Crippen molar-refractivity contribution in [3.05, 3.63) is 58.5 Å². The molecule has 1 aromatic heterocycles. The Morgan fingerprint density at radius 3 is 2.62 bits per heavy atom. The lowest BCUT2D eigenvalue weighted by molar-refractivity contribution is -0.145. The zero-order valence-corrected chi connectivity index (χ0v) is 15.9. The molecule has 1 aliphatic rings. The summed E-state index contributed by atoms with van der Waals surface area (Å²) in [5.74, 6) is -1.66. The highest BCUT2D eigenvalue weighted by Gasteiger charge is 2.40. The molecule has 1 saturated heterocycles. The minimum Gasteiger partial charge on any atom is -0.468 e. The molecule has 0 spiro atoms. The number of hydrogen-bond acceptors (Lipinski definition) is 4. The van der Waals surface area contributed by atoms with Gasteiger partial charge in [0.2, 0.25) is 0 Å². The molecular weight excluding hydrogens is 389 g/mol. The molecule has 3 rings (SSSR count). The van der Waals surface area contributed by atoms with E-state index in [0.29, 0.717) is 5.56 Å². The monoisotopic (exact) mass is 408 g/mol. The van der Waals surface area contributed by atoms with E-state index in [-0.39, 0.29) is 5.70 Å². The fourth-order valence-corrected chi connectivity index (χ4v) is 3.21. The lowest BCUT2D eigenvalue weighted by atomic mass is 9.86. The molecule has 1 aliphatic heterocycles. The summed E-state index contributed by atoms with van der Waals surface area (Å²) >= 11 is 0. The maximum absolute atomic E-state index is 12.8. The van der Waals surface area contributed by atoms with Gasteiger partial charge >= 0.3 is 18.2 Å². The number of urea groups is 1. The maximum Gasteiger partial charge on any atom is 0.435 e. The van der Waals surface area contributed by atoms with Gasteiger partial charge in [0.15, 0.2) is 5.69 Å². The topological polar surface area (TPSA) is 85.2 Å². The third-order valence-electron chi connectivity index (χ3n) is 4.61. The lowest BCUT2D eigenvalue weighted by Crippen LogP contribution is -2.51. The molecule has 154 valence electrons. The number of methoxy groups -OCH3 is 1. The van der Waals surface area contributed by atoms with Crippen LogP contribution in [0, 0.1) is 19.8 Å². The van der Waals surface area contributed by atoms with Crippen LogP contribution in [-0.2, 0) is 15.7 Å². The first-order valence-corrected chi connectivity index (χ1v) is 8.66. The van der Waals surface area contributed by atoms with Crippen molar-refractivity contribution in [1.29, 1.82) is 0 Å². The summed E-state index contributed by atoms with van der Waals surface area (Å²) < 4.78 is 44.2. The van der Waals surface area contributed by atoms with Gasteiger partial charge in [0, 0.05) is 12.4 Å². The van der Waals surface area contributed by atoms with Gasteiger partial charge in [-0.05, 0) is 31.0 Å². The first-order valence-electron chi connectivity index (χ1n) is 8.66. The highest BCUT2D eigenvalue weighted by Crippen LogP contribution is 2.34. The molecule has 7 nitrogen and oxygen atoms in total. The number of aryl methyl sites for hydroxylation is 2. The van der Waals surface area contributed by atoms with Crippen LogP contribution in [0.15, 0.2) is 36.2 Å². The number of amides is 2. The van der Waals surface area contributed by atoms with Crippen LogP contribution in [0.1, 0.15) is 28.4 Å². The van der Waals surface area contributed by atoms with Gasteiger partial charge in [0.1, 0.15) is 5.92 Å². The van der Waals surface area contributed by atoms with E-state index < -0.39 is 35.8 Å². The average molecular weight is 408 g/mol. The smallest absolute Gasteiger partial charge is 0.435 e. The molecule has 1 fully saturated rings. The summed E-state index contributed by atoms with van der Waals surface area (Å²) in [5, 5.41) is 8.63. The van der Waals surface area contributed by atoms with Gasteiger partial charge in [0.25, 0.3) is 0 Å². The predicted molar refractivity (Wildman–Crippen MR) is 97.3 cm³/mol. The summed E-state index contributed by atoms with van der Waals surface area (Å²) in [6, 6.07) is 5.04. The minimum atomic E-state index is -4.61. The van der Waals surface area contributed by atoms with E-state index in [9.17, 15) is 22.8 Å². The van der Waals surface area contributed by atoms with Crippen molar-refractivity contribution >= 4 is 18.2 Å². The number of nitrogens with zero attached hydrogens (tertiary/aromatic N) is 2. The number of carbonyl (C=O) groups excluding carboxylic acids is 2. The number of ether oxygens (including phenoxy) is 1. The molecule has 1 aromatic carbocycles. The van der Waals surface area contributed by atoms with E-state index in [1.807, 2.05) is 32.0 Å². The third-order valence-corrected chi connectivity index (χ3v) is 4.61. The Morgan fingerprint density at radius 2 is 2.00 bits per heavy atom. The number of hydrogen-bond donors (Lipinski definition) is 2. The van der Waals surface area contributed by atoms with Gasteiger partial charge in [-0.1, -0.05) is 23.8 Å². The fourth-order valence-electron chi connectivity index (χ4n) is 3.21. The highest BCUT2D eigenvalue weighted by molar-refractivity contribution is 5.86. The molecule has 2 aromatic rings. The number of aromatic nitrogens is 2. The summed E-state index contributed by atoms with van der Waals surface area (Å²) in [5.41, 5.74) is 1.46. The Bertz CT molecular complexity index is 981. The molecule has 2 atom stereocenters. The number of halogens is 3. The van der Waals surface area contributed by atoms with E-state index in [1.54, 1.807) is 0 Å². The molecule has 0 unspecified atom stereocenters. The molecule has 0 radical (unpaired) electrons. The zero-order valence-electron chi connectivity index (χ0n) is 15.9. The summed E-state index contributed by atoms with van der Waals surface area (Å²) in [6.07, 6.45) is -2.34. The number of esters is 1. The second-order valence-corrected chi connectivity index (χ2v) is 6.70. The fraction of sp³-hybridized carbons (Fsp3) is 0.316. The number of nitrogens with one attached hydrogen (secondary N) is 2. The zero-order chi connectivity index (χ0) is 21.3. The SMILES string of the molecule is COC(=O)[C@H]1/C(=C\n2ccc(C(F)(F)F)n2)NC(=O)N[C@@H]1c1cc(C)ccc1C.